The van der Waals surface area contributed by atoms with Crippen LogP contribution in [0.15, 0.2) is 18.2 Å². The third-order valence-electron chi connectivity index (χ3n) is 2.43. The Kier molecular flexibility index (Phi) is 2.67. The third-order valence-corrected chi connectivity index (χ3v) is 4.27. The first-order valence-electron chi connectivity index (χ1n) is 4.92. The predicted molar refractivity (Wildman–Crippen MR) is 60.2 cm³/mol. The van der Waals surface area contributed by atoms with Crippen molar-refractivity contribution in [2.75, 3.05) is 11.8 Å². The van der Waals surface area contributed by atoms with Crippen molar-refractivity contribution >= 4 is 15.7 Å². The van der Waals surface area contributed by atoms with Gasteiger partial charge in [-0.3, -0.25) is 4.72 Å². The summed E-state index contributed by atoms with van der Waals surface area (Å²) in [7, 11) is -1.96. The van der Waals surface area contributed by atoms with Crippen LogP contribution in [0.5, 0.6) is 11.5 Å². The van der Waals surface area contributed by atoms with E-state index in [0.717, 1.165) is 0 Å². The Morgan fingerprint density at radius 2 is 2.12 bits per heavy atom. The van der Waals surface area contributed by atoms with Gasteiger partial charge in [0.1, 0.15) is 17.2 Å². The number of hydrogen-bond acceptors (Lipinski definition) is 4. The number of phenolic OH excluding ortho intramolecular Hbond substituents is 1. The number of ether oxygens (including phenoxy) is 1. The van der Waals surface area contributed by atoms with Gasteiger partial charge in [-0.05, 0) is 25.0 Å². The molecule has 1 aromatic rings. The first kappa shape index (κ1) is 11.1. The van der Waals surface area contributed by atoms with E-state index in [4.69, 9.17) is 4.74 Å². The summed E-state index contributed by atoms with van der Waals surface area (Å²) in [6.45, 7) is 0. The number of methoxy groups -OCH3 is 1. The average molecular weight is 243 g/mol. The second-order valence-electron chi connectivity index (χ2n) is 3.70. The van der Waals surface area contributed by atoms with Crippen molar-refractivity contribution < 1.29 is 18.3 Å². The normalized spacial score (nSPS) is 15.8. The van der Waals surface area contributed by atoms with Crippen LogP contribution in [0.2, 0.25) is 0 Å². The molecule has 0 radical (unpaired) electrons. The number of aromatic hydroxyl groups is 1. The van der Waals surface area contributed by atoms with Gasteiger partial charge in [-0.15, -0.1) is 0 Å². The van der Waals surface area contributed by atoms with Crippen LogP contribution in [0.4, 0.5) is 5.69 Å². The first-order chi connectivity index (χ1) is 7.54. The molecule has 1 aromatic carbocycles. The SMILES string of the molecule is COc1cccc(O)c1NS(=O)(=O)C1CC1. The van der Waals surface area contributed by atoms with E-state index in [9.17, 15) is 13.5 Å². The van der Waals surface area contributed by atoms with Gasteiger partial charge < -0.3 is 9.84 Å². The molecular weight excluding hydrogens is 230 g/mol. The zero-order valence-electron chi connectivity index (χ0n) is 8.80. The van der Waals surface area contributed by atoms with Crippen molar-refractivity contribution in [1.29, 1.82) is 0 Å². The number of para-hydroxylation sites is 1. The summed E-state index contributed by atoms with van der Waals surface area (Å²) >= 11 is 0. The Labute approximate surface area is 94.1 Å². The number of nitrogens with one attached hydrogen (secondary N) is 1. The molecule has 1 saturated carbocycles. The van der Waals surface area contributed by atoms with E-state index in [0.29, 0.717) is 18.6 Å². The average Bonchev–Trinajstić information content (AvgIpc) is 3.04. The number of hydrogen-bond donors (Lipinski definition) is 2. The molecule has 1 fully saturated rings. The summed E-state index contributed by atoms with van der Waals surface area (Å²) < 4.78 is 30.8. The molecule has 0 heterocycles. The molecule has 16 heavy (non-hydrogen) atoms. The maximum Gasteiger partial charge on any atom is 0.235 e. The Bertz CT molecular complexity index is 494. The number of rotatable bonds is 4. The topological polar surface area (TPSA) is 75.6 Å². The van der Waals surface area contributed by atoms with E-state index in [2.05, 4.69) is 4.72 Å². The van der Waals surface area contributed by atoms with Crippen LogP contribution in [0, 0.1) is 0 Å². The third kappa shape index (κ3) is 2.06. The maximum atomic E-state index is 11.7. The molecule has 0 saturated heterocycles. The lowest BCUT2D eigenvalue weighted by molar-refractivity contribution is 0.411. The quantitative estimate of drug-likeness (QED) is 0.782. The van der Waals surface area contributed by atoms with Gasteiger partial charge >= 0.3 is 0 Å². The Morgan fingerprint density at radius 1 is 1.44 bits per heavy atom. The largest absolute Gasteiger partial charge is 0.506 e. The fourth-order valence-corrected chi connectivity index (χ4v) is 2.81. The molecule has 0 amide bonds. The Balaban J connectivity index is 2.33. The van der Waals surface area contributed by atoms with E-state index in [-0.39, 0.29) is 16.7 Å². The molecule has 0 spiro atoms. The molecule has 0 aliphatic heterocycles. The van der Waals surface area contributed by atoms with Gasteiger partial charge in [0.05, 0.1) is 12.4 Å². The van der Waals surface area contributed by atoms with Gasteiger partial charge in [0.25, 0.3) is 0 Å². The molecule has 0 atom stereocenters. The van der Waals surface area contributed by atoms with E-state index in [1.807, 2.05) is 0 Å². The van der Waals surface area contributed by atoms with Crippen LogP contribution >= 0.6 is 0 Å². The van der Waals surface area contributed by atoms with Gasteiger partial charge in [-0.25, -0.2) is 8.42 Å². The molecule has 6 heteroatoms. The fraction of sp³-hybridized carbons (Fsp3) is 0.400. The van der Waals surface area contributed by atoms with E-state index in [1.165, 1.54) is 13.2 Å². The van der Waals surface area contributed by atoms with Crippen molar-refractivity contribution in [1.82, 2.24) is 0 Å². The van der Waals surface area contributed by atoms with Crippen LogP contribution in [0.25, 0.3) is 0 Å². The smallest absolute Gasteiger partial charge is 0.235 e. The molecular formula is C10H13NO4S. The molecule has 5 nitrogen and oxygen atoms in total. The molecule has 2 rings (SSSR count). The fourth-order valence-electron chi connectivity index (χ4n) is 1.40. The van der Waals surface area contributed by atoms with Gasteiger partial charge in [0, 0.05) is 0 Å². The highest BCUT2D eigenvalue weighted by Gasteiger charge is 2.36. The van der Waals surface area contributed by atoms with E-state index < -0.39 is 10.0 Å². The molecule has 1 aliphatic rings. The van der Waals surface area contributed by atoms with Crippen LogP contribution in [-0.2, 0) is 10.0 Å². The zero-order valence-corrected chi connectivity index (χ0v) is 9.62. The highest BCUT2D eigenvalue weighted by atomic mass is 32.2. The molecule has 2 N–H and O–H groups in total. The summed E-state index contributed by atoms with van der Waals surface area (Å²) in [4.78, 5) is 0. The van der Waals surface area contributed by atoms with E-state index in [1.54, 1.807) is 12.1 Å². The van der Waals surface area contributed by atoms with Crippen LogP contribution < -0.4 is 9.46 Å². The molecule has 0 aromatic heterocycles. The van der Waals surface area contributed by atoms with Gasteiger partial charge in [-0.2, -0.15) is 0 Å². The van der Waals surface area contributed by atoms with Crippen LogP contribution in [-0.4, -0.2) is 25.9 Å². The summed E-state index contributed by atoms with van der Waals surface area (Å²) in [6, 6.07) is 4.58. The summed E-state index contributed by atoms with van der Waals surface area (Å²) in [5.74, 6) is 0.174. The minimum Gasteiger partial charge on any atom is -0.506 e. The Morgan fingerprint density at radius 3 is 2.69 bits per heavy atom. The second kappa shape index (κ2) is 3.86. The summed E-state index contributed by atoms with van der Waals surface area (Å²) in [6.07, 6.45) is 1.34. The number of anilines is 1. The molecule has 1 aliphatic carbocycles. The number of benzene rings is 1. The summed E-state index contributed by atoms with van der Waals surface area (Å²) in [5, 5.41) is 9.24. The van der Waals surface area contributed by atoms with Crippen molar-refractivity contribution in [3.8, 4) is 11.5 Å². The van der Waals surface area contributed by atoms with Gasteiger partial charge in [-0.1, -0.05) is 6.07 Å². The summed E-state index contributed by atoms with van der Waals surface area (Å²) in [5.41, 5.74) is 0.108. The van der Waals surface area contributed by atoms with Crippen LogP contribution in [0.3, 0.4) is 0 Å². The van der Waals surface area contributed by atoms with Crippen molar-refractivity contribution in [3.05, 3.63) is 18.2 Å². The highest BCUT2D eigenvalue weighted by Crippen LogP contribution is 2.37. The maximum absolute atomic E-state index is 11.7. The monoisotopic (exact) mass is 243 g/mol. The van der Waals surface area contributed by atoms with E-state index >= 15 is 0 Å². The first-order valence-corrected chi connectivity index (χ1v) is 6.47. The molecule has 0 unspecified atom stereocenters. The predicted octanol–water partition coefficient (Wildman–Crippen LogP) is 1.30. The molecule has 0 bridgehead atoms. The molecule has 88 valence electrons. The van der Waals surface area contributed by atoms with Crippen molar-refractivity contribution in [3.63, 3.8) is 0 Å². The standard InChI is InChI=1S/C10H13NO4S/c1-15-9-4-2-3-8(12)10(9)11-16(13,14)7-5-6-7/h2-4,7,11-12H,5-6H2,1H3. The van der Waals surface area contributed by atoms with Gasteiger partial charge in [0.15, 0.2) is 0 Å². The lowest BCUT2D eigenvalue weighted by atomic mass is 10.3. The highest BCUT2D eigenvalue weighted by molar-refractivity contribution is 7.93. The lowest BCUT2D eigenvalue weighted by Gasteiger charge is -2.12. The number of phenols is 1. The second-order valence-corrected chi connectivity index (χ2v) is 5.66. The zero-order chi connectivity index (χ0) is 11.8. The lowest BCUT2D eigenvalue weighted by Crippen LogP contribution is -2.17. The van der Waals surface area contributed by atoms with Crippen molar-refractivity contribution in [2.24, 2.45) is 0 Å². The van der Waals surface area contributed by atoms with Gasteiger partial charge in [0.2, 0.25) is 10.0 Å². The minimum absolute atomic E-state index is 0.108. The number of sulfonamides is 1. The minimum atomic E-state index is -3.39. The Hall–Kier alpha value is -1.43. The van der Waals surface area contributed by atoms with Crippen molar-refractivity contribution in [2.45, 2.75) is 18.1 Å². The van der Waals surface area contributed by atoms with Crippen LogP contribution in [0.1, 0.15) is 12.8 Å².